The Hall–Kier alpha value is -3.00. The number of aryl methyl sites for hydroxylation is 1. The molecule has 0 saturated carbocycles. The summed E-state index contributed by atoms with van der Waals surface area (Å²) in [6.45, 7) is 2.37. The van der Waals surface area contributed by atoms with Crippen LogP contribution in [-0.2, 0) is 13.2 Å². The summed E-state index contributed by atoms with van der Waals surface area (Å²) >= 11 is 18.4. The average molecular weight is 492 g/mol. The Balaban J connectivity index is 1.35. The second kappa shape index (κ2) is 9.65. The molecule has 0 fully saturated rings. The molecule has 164 valence electrons. The maximum Gasteiger partial charge on any atom is 0.293 e. The largest absolute Gasteiger partial charge is 0.486 e. The normalized spacial score (nSPS) is 10.9. The molecule has 0 atom stereocenters. The molecular formula is C22H17Cl3N4O3. The summed E-state index contributed by atoms with van der Waals surface area (Å²) < 4.78 is 12.8. The Kier molecular flexibility index (Phi) is 6.69. The molecular weight excluding hydrogens is 475 g/mol. The van der Waals surface area contributed by atoms with Gasteiger partial charge in [-0.2, -0.15) is 0 Å². The maximum atomic E-state index is 12.5. The van der Waals surface area contributed by atoms with Crippen molar-refractivity contribution in [3.63, 3.8) is 0 Å². The summed E-state index contributed by atoms with van der Waals surface area (Å²) in [6.07, 6.45) is 1.48. The fourth-order valence-corrected chi connectivity index (χ4v) is 3.51. The number of halogens is 3. The third-order valence-electron chi connectivity index (χ3n) is 4.54. The molecule has 1 amide bonds. The van der Waals surface area contributed by atoms with Crippen molar-refractivity contribution in [3.8, 4) is 5.75 Å². The number of furan rings is 1. The average Bonchev–Trinajstić information content (AvgIpc) is 3.41. The molecule has 0 aliphatic heterocycles. The highest BCUT2D eigenvalue weighted by Gasteiger charge is 2.15. The third kappa shape index (κ3) is 5.24. The second-order valence-electron chi connectivity index (χ2n) is 6.89. The number of hydrogen-bond donors (Lipinski definition) is 1. The van der Waals surface area contributed by atoms with Gasteiger partial charge in [0.15, 0.2) is 5.76 Å². The van der Waals surface area contributed by atoms with E-state index in [-0.39, 0.29) is 18.3 Å². The first-order chi connectivity index (χ1) is 15.4. The van der Waals surface area contributed by atoms with E-state index in [1.165, 1.54) is 11.0 Å². The summed E-state index contributed by atoms with van der Waals surface area (Å²) in [4.78, 5) is 16.6. The summed E-state index contributed by atoms with van der Waals surface area (Å²) in [5.41, 5.74) is 1.62. The minimum atomic E-state index is -0.480. The predicted octanol–water partition coefficient (Wildman–Crippen LogP) is 6.02. The van der Waals surface area contributed by atoms with Crippen LogP contribution in [-0.4, -0.2) is 20.7 Å². The fourth-order valence-electron chi connectivity index (χ4n) is 2.88. The van der Waals surface area contributed by atoms with E-state index in [4.69, 9.17) is 44.0 Å². The van der Waals surface area contributed by atoms with Gasteiger partial charge < -0.3 is 9.15 Å². The van der Waals surface area contributed by atoms with Crippen LogP contribution in [0.2, 0.25) is 15.1 Å². The number of anilines is 1. The SMILES string of the molecule is Cc1cc(OCc2ccc(C(=O)Nc3ncn(Cc4c(Cl)cccc4Cl)n3)o2)ccc1Cl. The fraction of sp³-hybridized carbons (Fsp3) is 0.136. The predicted molar refractivity (Wildman–Crippen MR) is 123 cm³/mol. The molecule has 0 spiro atoms. The van der Waals surface area contributed by atoms with Crippen LogP contribution in [0.5, 0.6) is 5.75 Å². The van der Waals surface area contributed by atoms with Gasteiger partial charge in [0.05, 0.1) is 6.54 Å². The van der Waals surface area contributed by atoms with Crippen molar-refractivity contribution in [2.45, 2.75) is 20.1 Å². The van der Waals surface area contributed by atoms with Gasteiger partial charge in [0, 0.05) is 20.6 Å². The van der Waals surface area contributed by atoms with Crippen LogP contribution < -0.4 is 10.1 Å². The molecule has 0 bridgehead atoms. The first-order valence-electron chi connectivity index (χ1n) is 9.50. The molecule has 2 heterocycles. The molecule has 0 radical (unpaired) electrons. The number of amides is 1. The molecule has 1 N–H and O–H groups in total. The van der Waals surface area contributed by atoms with Crippen molar-refractivity contribution in [1.29, 1.82) is 0 Å². The van der Waals surface area contributed by atoms with Crippen LogP contribution in [0.15, 0.2) is 59.3 Å². The molecule has 0 aliphatic rings. The lowest BCUT2D eigenvalue weighted by atomic mass is 10.2. The molecule has 4 rings (SSSR count). The van der Waals surface area contributed by atoms with E-state index in [2.05, 4.69) is 15.4 Å². The Bertz CT molecular complexity index is 1250. The van der Waals surface area contributed by atoms with Crippen molar-refractivity contribution in [3.05, 3.63) is 92.6 Å². The highest BCUT2D eigenvalue weighted by molar-refractivity contribution is 6.36. The highest BCUT2D eigenvalue weighted by atomic mass is 35.5. The van der Waals surface area contributed by atoms with Gasteiger partial charge in [-0.1, -0.05) is 40.9 Å². The number of carbonyl (C=O) groups is 1. The van der Waals surface area contributed by atoms with E-state index >= 15 is 0 Å². The summed E-state index contributed by atoms with van der Waals surface area (Å²) in [5, 5.41) is 8.55. The van der Waals surface area contributed by atoms with Gasteiger partial charge in [-0.15, -0.1) is 5.10 Å². The van der Waals surface area contributed by atoms with E-state index in [0.717, 1.165) is 5.56 Å². The smallest absolute Gasteiger partial charge is 0.293 e. The maximum absolute atomic E-state index is 12.5. The summed E-state index contributed by atoms with van der Waals surface area (Å²) in [6, 6.07) is 13.8. The standard InChI is InChI=1S/C22H17Cl3N4O3/c1-13-9-14(5-7-17(13)23)31-11-15-6-8-20(32-15)21(30)27-22-26-12-29(28-22)10-16-18(24)3-2-4-19(16)25/h2-9,12H,10-11H2,1H3,(H,27,28,30). The van der Waals surface area contributed by atoms with Crippen LogP contribution in [0.4, 0.5) is 5.95 Å². The number of carbonyl (C=O) groups excluding carboxylic acids is 1. The zero-order valence-corrected chi connectivity index (χ0v) is 19.1. The number of nitrogens with zero attached hydrogens (tertiary/aromatic N) is 3. The van der Waals surface area contributed by atoms with Gasteiger partial charge in [0.1, 0.15) is 24.4 Å². The number of nitrogens with one attached hydrogen (secondary N) is 1. The molecule has 0 aliphatic carbocycles. The Morgan fingerprint density at radius 1 is 1.09 bits per heavy atom. The van der Waals surface area contributed by atoms with Crippen LogP contribution in [0.1, 0.15) is 27.4 Å². The molecule has 0 unspecified atom stereocenters. The van der Waals surface area contributed by atoms with Gasteiger partial charge in [0.25, 0.3) is 5.91 Å². The molecule has 7 nitrogen and oxygen atoms in total. The van der Waals surface area contributed by atoms with E-state index in [1.807, 2.05) is 13.0 Å². The van der Waals surface area contributed by atoms with Crippen LogP contribution >= 0.6 is 34.8 Å². The Morgan fingerprint density at radius 2 is 1.88 bits per heavy atom. The first-order valence-corrected chi connectivity index (χ1v) is 10.6. The number of benzene rings is 2. The van der Waals surface area contributed by atoms with Crippen molar-refractivity contribution in [2.75, 3.05) is 5.32 Å². The van der Waals surface area contributed by atoms with Crippen molar-refractivity contribution in [2.24, 2.45) is 0 Å². The van der Waals surface area contributed by atoms with Crippen molar-refractivity contribution in [1.82, 2.24) is 14.8 Å². The third-order valence-corrected chi connectivity index (χ3v) is 5.67. The number of aromatic nitrogens is 3. The minimum Gasteiger partial charge on any atom is -0.486 e. The summed E-state index contributed by atoms with van der Waals surface area (Å²) in [5.74, 6) is 0.912. The lowest BCUT2D eigenvalue weighted by Crippen LogP contribution is -2.12. The van der Waals surface area contributed by atoms with E-state index < -0.39 is 5.91 Å². The Labute approximate surface area is 198 Å². The molecule has 4 aromatic rings. The van der Waals surface area contributed by atoms with Crippen molar-refractivity contribution < 1.29 is 13.9 Å². The monoisotopic (exact) mass is 490 g/mol. The quantitative estimate of drug-likeness (QED) is 0.342. The lowest BCUT2D eigenvalue weighted by Gasteiger charge is -2.06. The zero-order valence-electron chi connectivity index (χ0n) is 16.8. The van der Waals surface area contributed by atoms with Gasteiger partial charge in [-0.3, -0.25) is 10.1 Å². The van der Waals surface area contributed by atoms with Crippen LogP contribution in [0.25, 0.3) is 0 Å². The Morgan fingerprint density at radius 3 is 2.62 bits per heavy atom. The van der Waals surface area contributed by atoms with Gasteiger partial charge >= 0.3 is 0 Å². The number of rotatable bonds is 7. The zero-order chi connectivity index (χ0) is 22.7. The number of ether oxygens (including phenoxy) is 1. The van der Waals surface area contributed by atoms with Gasteiger partial charge in [-0.05, 0) is 55.0 Å². The second-order valence-corrected chi connectivity index (χ2v) is 8.11. The van der Waals surface area contributed by atoms with Crippen LogP contribution in [0.3, 0.4) is 0 Å². The molecule has 2 aromatic heterocycles. The first kappa shape index (κ1) is 22.2. The number of hydrogen-bond acceptors (Lipinski definition) is 5. The molecule has 10 heteroatoms. The lowest BCUT2D eigenvalue weighted by molar-refractivity contribution is 0.0991. The van der Waals surface area contributed by atoms with Crippen molar-refractivity contribution >= 4 is 46.7 Å². The topological polar surface area (TPSA) is 82.2 Å². The van der Waals surface area contributed by atoms with E-state index in [9.17, 15) is 4.79 Å². The molecule has 0 saturated heterocycles. The van der Waals surface area contributed by atoms with Gasteiger partial charge in [-0.25, -0.2) is 9.67 Å². The molecule has 32 heavy (non-hydrogen) atoms. The highest BCUT2D eigenvalue weighted by Crippen LogP contribution is 2.25. The minimum absolute atomic E-state index is 0.112. The van der Waals surface area contributed by atoms with Gasteiger partial charge in [0.2, 0.25) is 5.95 Å². The molecule has 2 aromatic carbocycles. The van der Waals surface area contributed by atoms with E-state index in [0.29, 0.717) is 38.7 Å². The van der Waals surface area contributed by atoms with E-state index in [1.54, 1.807) is 42.5 Å². The van der Waals surface area contributed by atoms with Crippen LogP contribution in [0, 0.1) is 6.92 Å². The summed E-state index contributed by atoms with van der Waals surface area (Å²) in [7, 11) is 0.